The molecule has 10 nitrogen and oxygen atoms in total. The van der Waals surface area contributed by atoms with Crippen LogP contribution in [0.5, 0.6) is 17.2 Å². The van der Waals surface area contributed by atoms with E-state index in [-0.39, 0.29) is 17.9 Å². The van der Waals surface area contributed by atoms with Gasteiger partial charge in [0.25, 0.3) is 5.91 Å². The number of nitrogens with zero attached hydrogens (tertiary/aromatic N) is 2. The summed E-state index contributed by atoms with van der Waals surface area (Å²) in [6.07, 6.45) is 3.27. The highest BCUT2D eigenvalue weighted by Crippen LogP contribution is 2.38. The minimum absolute atomic E-state index is 0.0836. The number of rotatable bonds is 9. The summed E-state index contributed by atoms with van der Waals surface area (Å²) >= 11 is 0. The van der Waals surface area contributed by atoms with Crippen molar-refractivity contribution in [3.63, 3.8) is 0 Å². The molecule has 0 aliphatic rings. The number of carbonyl (C=O) groups is 1. The molecule has 11 heteroatoms. The Bertz CT molecular complexity index is 1130. The molecule has 0 fully saturated rings. The molecule has 0 saturated heterocycles. The van der Waals surface area contributed by atoms with Gasteiger partial charge in [0.05, 0.1) is 38.3 Å². The lowest BCUT2D eigenvalue weighted by Gasteiger charge is -2.14. The summed E-state index contributed by atoms with van der Waals surface area (Å²) < 4.78 is 44.4. The number of anilines is 1. The Morgan fingerprint density at radius 1 is 1.07 bits per heavy atom. The van der Waals surface area contributed by atoms with Crippen molar-refractivity contribution in [2.75, 3.05) is 38.3 Å². The van der Waals surface area contributed by atoms with Crippen molar-refractivity contribution < 1.29 is 27.4 Å². The van der Waals surface area contributed by atoms with Gasteiger partial charge in [0.15, 0.2) is 11.5 Å². The third kappa shape index (κ3) is 4.74. The zero-order chi connectivity index (χ0) is 21.7. The maximum absolute atomic E-state index is 12.5. The summed E-state index contributed by atoms with van der Waals surface area (Å²) in [5.41, 5.74) is 1.42. The number of aromatic nitrogens is 2. The molecular weight excluding hydrogens is 412 g/mol. The highest BCUT2D eigenvalue weighted by molar-refractivity contribution is 7.92. The molecule has 2 heterocycles. The van der Waals surface area contributed by atoms with Gasteiger partial charge in [0.2, 0.25) is 15.8 Å². The molecule has 1 amide bonds. The van der Waals surface area contributed by atoms with E-state index >= 15 is 0 Å². The van der Waals surface area contributed by atoms with Crippen molar-refractivity contribution >= 4 is 27.1 Å². The van der Waals surface area contributed by atoms with Gasteiger partial charge in [-0.05, 0) is 30.3 Å². The molecule has 0 radical (unpaired) electrons. The first-order valence-electron chi connectivity index (χ1n) is 8.89. The second-order valence-electron chi connectivity index (χ2n) is 6.21. The molecule has 0 spiro atoms. The van der Waals surface area contributed by atoms with Gasteiger partial charge in [-0.3, -0.25) is 9.52 Å². The molecule has 0 unspecified atom stereocenters. The van der Waals surface area contributed by atoms with Gasteiger partial charge in [0, 0.05) is 24.5 Å². The Morgan fingerprint density at radius 2 is 1.77 bits per heavy atom. The fraction of sp³-hybridized carbons (Fsp3) is 0.263. The summed E-state index contributed by atoms with van der Waals surface area (Å²) in [5.74, 6) is 0.245. The van der Waals surface area contributed by atoms with Gasteiger partial charge in [-0.2, -0.15) is 5.10 Å². The third-order valence-corrected chi connectivity index (χ3v) is 5.54. The van der Waals surface area contributed by atoms with E-state index in [1.165, 1.54) is 33.5 Å². The standard InChI is InChI=1S/C19H22N4O6S/c1-27-16-10-13(11-17(28-2)18(16)29-3)19(24)20-7-9-30(25,26)22-14-5-8-23-15(12-14)4-6-21-23/h4-6,8,10-12,22H,7,9H2,1-3H3,(H,20,24). The van der Waals surface area contributed by atoms with Crippen LogP contribution >= 0.6 is 0 Å². The SMILES string of the molecule is COc1cc(C(=O)NCCS(=O)(=O)Nc2ccn3nccc3c2)cc(OC)c1OC. The van der Waals surface area contributed by atoms with E-state index in [2.05, 4.69) is 15.1 Å². The van der Waals surface area contributed by atoms with Gasteiger partial charge >= 0.3 is 0 Å². The molecule has 0 aliphatic heterocycles. The fourth-order valence-corrected chi connectivity index (χ4v) is 3.79. The van der Waals surface area contributed by atoms with E-state index in [1.807, 2.05) is 0 Å². The van der Waals surface area contributed by atoms with Crippen LogP contribution in [0.1, 0.15) is 10.4 Å². The predicted molar refractivity (Wildman–Crippen MR) is 111 cm³/mol. The van der Waals surface area contributed by atoms with Crippen molar-refractivity contribution in [2.45, 2.75) is 0 Å². The molecule has 0 aliphatic carbocycles. The molecule has 3 aromatic rings. The first-order chi connectivity index (χ1) is 14.4. The average molecular weight is 434 g/mol. The number of ether oxygens (including phenoxy) is 3. The van der Waals surface area contributed by atoms with Crippen molar-refractivity contribution in [3.05, 3.63) is 48.3 Å². The van der Waals surface area contributed by atoms with E-state index in [0.29, 0.717) is 22.9 Å². The van der Waals surface area contributed by atoms with Gasteiger partial charge < -0.3 is 19.5 Å². The molecule has 0 saturated carbocycles. The normalized spacial score (nSPS) is 11.2. The highest BCUT2D eigenvalue weighted by atomic mass is 32.2. The number of methoxy groups -OCH3 is 3. The third-order valence-electron chi connectivity index (χ3n) is 4.26. The van der Waals surface area contributed by atoms with E-state index in [0.717, 1.165) is 5.52 Å². The number of carbonyl (C=O) groups excluding carboxylic acids is 1. The van der Waals surface area contributed by atoms with E-state index in [4.69, 9.17) is 14.2 Å². The average Bonchev–Trinajstić information content (AvgIpc) is 3.19. The number of amides is 1. The molecule has 1 aromatic carbocycles. The fourth-order valence-electron chi connectivity index (χ4n) is 2.83. The number of fused-ring (bicyclic) bond motifs is 1. The maximum atomic E-state index is 12.5. The first kappa shape index (κ1) is 21.2. The van der Waals surface area contributed by atoms with Crippen LogP contribution in [0.2, 0.25) is 0 Å². The summed E-state index contributed by atoms with van der Waals surface area (Å²) in [7, 11) is 0.683. The van der Waals surface area contributed by atoms with Gasteiger partial charge in [-0.15, -0.1) is 0 Å². The molecule has 2 N–H and O–H groups in total. The van der Waals surface area contributed by atoms with Crippen LogP contribution in [0.25, 0.3) is 5.52 Å². The zero-order valence-electron chi connectivity index (χ0n) is 16.7. The number of nitrogens with one attached hydrogen (secondary N) is 2. The Labute approximate surface area is 173 Å². The van der Waals surface area contributed by atoms with Crippen LogP contribution in [0.3, 0.4) is 0 Å². The van der Waals surface area contributed by atoms with E-state index in [9.17, 15) is 13.2 Å². The number of hydrogen-bond donors (Lipinski definition) is 2. The lowest BCUT2D eigenvalue weighted by atomic mass is 10.1. The Morgan fingerprint density at radius 3 is 2.40 bits per heavy atom. The number of benzene rings is 1. The predicted octanol–water partition coefficient (Wildman–Crippen LogP) is 1.53. The molecular formula is C19H22N4O6S. The molecule has 30 heavy (non-hydrogen) atoms. The minimum atomic E-state index is -3.66. The summed E-state index contributed by atoms with van der Waals surface area (Å²) in [5, 5.41) is 6.64. The maximum Gasteiger partial charge on any atom is 0.251 e. The second-order valence-corrected chi connectivity index (χ2v) is 8.05. The van der Waals surface area contributed by atoms with Crippen LogP contribution < -0.4 is 24.2 Å². The van der Waals surface area contributed by atoms with Crippen LogP contribution in [0, 0.1) is 0 Å². The molecule has 3 rings (SSSR count). The summed E-state index contributed by atoms with van der Waals surface area (Å²) in [4.78, 5) is 12.5. The zero-order valence-corrected chi connectivity index (χ0v) is 17.5. The van der Waals surface area contributed by atoms with Crippen molar-refractivity contribution in [3.8, 4) is 17.2 Å². The smallest absolute Gasteiger partial charge is 0.251 e. The summed E-state index contributed by atoms with van der Waals surface area (Å²) in [6.45, 7) is -0.0836. The van der Waals surface area contributed by atoms with E-state index in [1.54, 1.807) is 35.1 Å². The number of pyridine rings is 1. The Balaban J connectivity index is 1.63. The van der Waals surface area contributed by atoms with Crippen molar-refractivity contribution in [1.29, 1.82) is 0 Å². The molecule has 160 valence electrons. The van der Waals surface area contributed by atoms with Gasteiger partial charge in [-0.1, -0.05) is 0 Å². The van der Waals surface area contributed by atoms with Crippen molar-refractivity contribution in [2.24, 2.45) is 0 Å². The monoisotopic (exact) mass is 434 g/mol. The van der Waals surface area contributed by atoms with Gasteiger partial charge in [-0.25, -0.2) is 12.9 Å². The second kappa shape index (κ2) is 8.91. The van der Waals surface area contributed by atoms with Gasteiger partial charge in [0.1, 0.15) is 0 Å². The van der Waals surface area contributed by atoms with E-state index < -0.39 is 15.9 Å². The Hall–Kier alpha value is -3.47. The van der Waals surface area contributed by atoms with Crippen LogP contribution in [-0.2, 0) is 10.0 Å². The number of sulfonamides is 1. The molecule has 0 atom stereocenters. The van der Waals surface area contributed by atoms with Crippen LogP contribution in [0.15, 0.2) is 42.7 Å². The summed E-state index contributed by atoms with van der Waals surface area (Å²) in [6, 6.07) is 8.01. The molecule has 0 bridgehead atoms. The quantitative estimate of drug-likeness (QED) is 0.524. The number of hydrogen-bond acceptors (Lipinski definition) is 7. The topological polar surface area (TPSA) is 120 Å². The lowest BCUT2D eigenvalue weighted by Crippen LogP contribution is -2.31. The largest absolute Gasteiger partial charge is 0.493 e. The minimum Gasteiger partial charge on any atom is -0.493 e. The Kier molecular flexibility index (Phi) is 6.31. The lowest BCUT2D eigenvalue weighted by molar-refractivity contribution is 0.0955. The first-order valence-corrected chi connectivity index (χ1v) is 10.5. The molecule has 2 aromatic heterocycles. The van der Waals surface area contributed by atoms with Crippen LogP contribution in [0.4, 0.5) is 5.69 Å². The van der Waals surface area contributed by atoms with Crippen LogP contribution in [-0.4, -0.2) is 57.6 Å². The highest BCUT2D eigenvalue weighted by Gasteiger charge is 2.18. The van der Waals surface area contributed by atoms with Crippen molar-refractivity contribution in [1.82, 2.24) is 14.9 Å².